The summed E-state index contributed by atoms with van der Waals surface area (Å²) >= 11 is 0. The molecule has 1 aromatic heterocycles. The first-order valence-corrected chi connectivity index (χ1v) is 8.54. The molecular weight excluding hydrogens is 337 g/mol. The molecule has 8 heteroatoms. The van der Waals surface area contributed by atoms with Gasteiger partial charge in [0.1, 0.15) is 12.4 Å². The van der Waals surface area contributed by atoms with Crippen molar-refractivity contribution in [2.24, 2.45) is 5.10 Å². The van der Waals surface area contributed by atoms with Crippen molar-refractivity contribution in [1.29, 1.82) is 0 Å². The summed E-state index contributed by atoms with van der Waals surface area (Å²) in [6, 6.07) is 7.48. The first kappa shape index (κ1) is 18.1. The van der Waals surface area contributed by atoms with Gasteiger partial charge in [-0.15, -0.1) is 0 Å². The number of aromatic nitrogens is 2. The maximum atomic E-state index is 13.9. The predicted molar refractivity (Wildman–Crippen MR) is 98.5 cm³/mol. The lowest BCUT2D eigenvalue weighted by Gasteiger charge is -2.16. The van der Waals surface area contributed by atoms with Gasteiger partial charge in [-0.2, -0.15) is 10.1 Å². The minimum absolute atomic E-state index is 0.268. The van der Waals surface area contributed by atoms with E-state index in [1.54, 1.807) is 13.3 Å². The Hall–Kier alpha value is -2.74. The average Bonchev–Trinajstić information content (AvgIpc) is 3.19. The molecule has 0 saturated carbocycles. The van der Waals surface area contributed by atoms with Crippen LogP contribution in [0.15, 0.2) is 35.6 Å². The van der Waals surface area contributed by atoms with Crippen molar-refractivity contribution in [2.45, 2.75) is 12.8 Å². The van der Waals surface area contributed by atoms with Gasteiger partial charge in [0, 0.05) is 20.2 Å². The molecule has 1 aromatic carbocycles. The van der Waals surface area contributed by atoms with Gasteiger partial charge in [0.2, 0.25) is 5.95 Å². The molecule has 0 amide bonds. The fourth-order valence-electron chi connectivity index (χ4n) is 2.62. The molecule has 2 heterocycles. The summed E-state index contributed by atoms with van der Waals surface area (Å²) in [6.07, 6.45) is 4.91. The van der Waals surface area contributed by atoms with Crippen LogP contribution in [0.2, 0.25) is 0 Å². The van der Waals surface area contributed by atoms with Crippen LogP contribution in [0.3, 0.4) is 0 Å². The Balaban J connectivity index is 1.57. The Morgan fingerprint density at radius 1 is 1.23 bits per heavy atom. The molecule has 0 spiro atoms. The molecule has 0 bridgehead atoms. The van der Waals surface area contributed by atoms with E-state index in [-0.39, 0.29) is 5.95 Å². The number of rotatable bonds is 8. The maximum absolute atomic E-state index is 13.9. The Bertz CT molecular complexity index is 733. The lowest BCUT2D eigenvalue weighted by atomic mass is 10.2. The van der Waals surface area contributed by atoms with Crippen molar-refractivity contribution in [2.75, 3.05) is 43.7 Å². The van der Waals surface area contributed by atoms with Crippen LogP contribution in [0.1, 0.15) is 18.4 Å². The molecule has 0 atom stereocenters. The molecular formula is C18H22FN5O2. The van der Waals surface area contributed by atoms with Crippen molar-refractivity contribution < 1.29 is 13.9 Å². The minimum Gasteiger partial charge on any atom is -0.491 e. The first-order valence-electron chi connectivity index (χ1n) is 8.54. The summed E-state index contributed by atoms with van der Waals surface area (Å²) < 4.78 is 24.3. The van der Waals surface area contributed by atoms with Gasteiger partial charge in [0.25, 0.3) is 0 Å². The van der Waals surface area contributed by atoms with Crippen LogP contribution >= 0.6 is 0 Å². The van der Waals surface area contributed by atoms with Gasteiger partial charge in [-0.3, -0.25) is 0 Å². The quantitative estimate of drug-likeness (QED) is 0.444. The fourth-order valence-corrected chi connectivity index (χ4v) is 2.62. The highest BCUT2D eigenvalue weighted by atomic mass is 19.1. The molecule has 138 valence electrons. The van der Waals surface area contributed by atoms with E-state index in [1.165, 1.54) is 6.20 Å². The van der Waals surface area contributed by atoms with Crippen LogP contribution in [-0.4, -0.2) is 49.6 Å². The molecule has 1 fully saturated rings. The standard InChI is InChI=1S/C18H22FN5O2/c1-25-10-11-26-15-6-4-14(5-7-15)12-21-23-18-20-13-16(19)17(22-18)24-8-2-3-9-24/h4-7,12-13H,2-3,8-11H2,1H3,(H,20,22,23)/b21-12-. The summed E-state index contributed by atoms with van der Waals surface area (Å²) in [6.45, 7) is 2.68. The van der Waals surface area contributed by atoms with Crippen LogP contribution in [0.4, 0.5) is 16.2 Å². The largest absolute Gasteiger partial charge is 0.491 e. The van der Waals surface area contributed by atoms with Crippen molar-refractivity contribution in [3.05, 3.63) is 41.8 Å². The highest BCUT2D eigenvalue weighted by molar-refractivity contribution is 5.80. The Kier molecular flexibility index (Phi) is 6.32. The summed E-state index contributed by atoms with van der Waals surface area (Å²) in [5, 5.41) is 4.11. The van der Waals surface area contributed by atoms with Crippen molar-refractivity contribution in [3.8, 4) is 5.75 Å². The molecule has 0 aliphatic carbocycles. The van der Waals surface area contributed by atoms with Crippen molar-refractivity contribution in [1.82, 2.24) is 9.97 Å². The molecule has 26 heavy (non-hydrogen) atoms. The van der Waals surface area contributed by atoms with Crippen LogP contribution in [0.5, 0.6) is 5.75 Å². The van der Waals surface area contributed by atoms with Crippen LogP contribution in [-0.2, 0) is 4.74 Å². The van der Waals surface area contributed by atoms with Crippen molar-refractivity contribution in [3.63, 3.8) is 0 Å². The lowest BCUT2D eigenvalue weighted by Crippen LogP contribution is -2.21. The molecule has 0 radical (unpaired) electrons. The van der Waals surface area contributed by atoms with E-state index in [2.05, 4.69) is 20.5 Å². The molecule has 1 saturated heterocycles. The number of anilines is 2. The lowest BCUT2D eigenvalue weighted by molar-refractivity contribution is 0.146. The molecule has 1 aliphatic heterocycles. The second-order valence-corrected chi connectivity index (χ2v) is 5.84. The fraction of sp³-hybridized carbons (Fsp3) is 0.389. The number of methoxy groups -OCH3 is 1. The highest BCUT2D eigenvalue weighted by Gasteiger charge is 2.18. The van der Waals surface area contributed by atoms with E-state index >= 15 is 0 Å². The second-order valence-electron chi connectivity index (χ2n) is 5.84. The van der Waals surface area contributed by atoms with Gasteiger partial charge in [-0.25, -0.2) is 14.8 Å². The van der Waals surface area contributed by atoms with E-state index in [1.807, 2.05) is 29.2 Å². The van der Waals surface area contributed by atoms with Crippen LogP contribution in [0, 0.1) is 5.82 Å². The summed E-state index contributed by atoms with van der Waals surface area (Å²) in [7, 11) is 1.63. The van der Waals surface area contributed by atoms with Gasteiger partial charge in [-0.1, -0.05) is 0 Å². The van der Waals surface area contributed by atoms with Gasteiger partial charge in [0.15, 0.2) is 11.6 Å². The molecule has 1 N–H and O–H groups in total. The first-order chi connectivity index (χ1) is 12.8. The normalized spacial score (nSPS) is 14.2. The van der Waals surface area contributed by atoms with Gasteiger partial charge in [0.05, 0.1) is 19.0 Å². The predicted octanol–water partition coefficient (Wildman–Crippen LogP) is 2.69. The summed E-state index contributed by atoms with van der Waals surface area (Å²) in [5.41, 5.74) is 3.63. The monoisotopic (exact) mass is 359 g/mol. The number of benzene rings is 1. The third-order valence-electron chi connectivity index (χ3n) is 3.95. The number of hydrogen-bond acceptors (Lipinski definition) is 7. The zero-order valence-electron chi connectivity index (χ0n) is 14.7. The van der Waals surface area contributed by atoms with Crippen LogP contribution in [0.25, 0.3) is 0 Å². The van der Waals surface area contributed by atoms with E-state index in [0.717, 1.165) is 37.2 Å². The number of halogens is 1. The molecule has 1 aliphatic rings. The smallest absolute Gasteiger partial charge is 0.245 e. The molecule has 7 nitrogen and oxygen atoms in total. The Labute approximate surface area is 151 Å². The molecule has 2 aromatic rings. The number of hydrazone groups is 1. The number of ether oxygens (including phenoxy) is 2. The summed E-state index contributed by atoms with van der Waals surface area (Å²) in [5.74, 6) is 0.951. The highest BCUT2D eigenvalue weighted by Crippen LogP contribution is 2.21. The number of hydrogen-bond donors (Lipinski definition) is 1. The maximum Gasteiger partial charge on any atom is 0.245 e. The Morgan fingerprint density at radius 3 is 2.73 bits per heavy atom. The van der Waals surface area contributed by atoms with Crippen LogP contribution < -0.4 is 15.1 Å². The van der Waals surface area contributed by atoms with E-state index in [0.29, 0.717) is 19.0 Å². The van der Waals surface area contributed by atoms with E-state index in [4.69, 9.17) is 9.47 Å². The number of nitrogens with one attached hydrogen (secondary N) is 1. The third kappa shape index (κ3) is 4.89. The van der Waals surface area contributed by atoms with Gasteiger partial charge < -0.3 is 14.4 Å². The number of nitrogens with zero attached hydrogens (tertiary/aromatic N) is 4. The SMILES string of the molecule is COCCOc1ccc(/C=N\Nc2ncc(F)c(N3CCCC3)n2)cc1. The minimum atomic E-state index is -0.412. The zero-order valence-corrected chi connectivity index (χ0v) is 14.7. The topological polar surface area (TPSA) is 71.9 Å². The van der Waals surface area contributed by atoms with Gasteiger partial charge in [-0.05, 0) is 42.7 Å². The molecule has 0 unspecified atom stereocenters. The Morgan fingerprint density at radius 2 is 2.00 bits per heavy atom. The average molecular weight is 359 g/mol. The van der Waals surface area contributed by atoms with Gasteiger partial charge >= 0.3 is 0 Å². The third-order valence-corrected chi connectivity index (χ3v) is 3.95. The van der Waals surface area contributed by atoms with Crippen molar-refractivity contribution >= 4 is 18.0 Å². The van der Waals surface area contributed by atoms with E-state index < -0.39 is 5.82 Å². The zero-order chi connectivity index (χ0) is 18.2. The molecule has 3 rings (SSSR count). The van der Waals surface area contributed by atoms with E-state index in [9.17, 15) is 4.39 Å². The summed E-state index contributed by atoms with van der Waals surface area (Å²) in [4.78, 5) is 10.1. The second kappa shape index (κ2) is 9.10.